The van der Waals surface area contributed by atoms with Crippen molar-refractivity contribution in [2.24, 2.45) is 0 Å². The lowest BCUT2D eigenvalue weighted by Crippen LogP contribution is -2.30. The van der Waals surface area contributed by atoms with Crippen LogP contribution in [0.3, 0.4) is 0 Å². The van der Waals surface area contributed by atoms with E-state index < -0.39 is 6.10 Å². The maximum atomic E-state index is 12.8. The molecule has 0 aliphatic carbocycles. The van der Waals surface area contributed by atoms with E-state index >= 15 is 0 Å². The van der Waals surface area contributed by atoms with E-state index in [4.69, 9.17) is 14.2 Å². The molecule has 0 radical (unpaired) electrons. The Morgan fingerprint density at radius 3 is 1.09 bits per heavy atom. The maximum Gasteiger partial charge on any atom is 0.306 e. The van der Waals surface area contributed by atoms with Gasteiger partial charge >= 0.3 is 11.9 Å². The van der Waals surface area contributed by atoms with Crippen LogP contribution in [-0.4, -0.2) is 37.9 Å². The predicted molar refractivity (Wildman–Crippen MR) is 288 cm³/mol. The molecule has 0 saturated carbocycles. The van der Waals surface area contributed by atoms with E-state index in [9.17, 15) is 9.59 Å². The van der Waals surface area contributed by atoms with Crippen LogP contribution in [0.25, 0.3) is 0 Å². The average molecular weight is 915 g/mol. The van der Waals surface area contributed by atoms with Gasteiger partial charge in [-0.1, -0.05) is 220 Å². The number of ether oxygens (including phenoxy) is 3. The maximum absolute atomic E-state index is 12.8. The smallest absolute Gasteiger partial charge is 0.306 e. The molecule has 1 unspecified atom stereocenters. The molecule has 5 nitrogen and oxygen atoms in total. The zero-order valence-electron chi connectivity index (χ0n) is 43.2. The Morgan fingerprint density at radius 1 is 0.348 bits per heavy atom. The molecule has 0 saturated heterocycles. The van der Waals surface area contributed by atoms with Crippen LogP contribution in [-0.2, 0) is 23.8 Å². The van der Waals surface area contributed by atoms with E-state index in [2.05, 4.69) is 130 Å². The molecular formula is C61H102O5. The number of rotatable bonds is 49. The fourth-order valence-corrected chi connectivity index (χ4v) is 7.26. The lowest BCUT2D eigenvalue weighted by atomic mass is 10.1. The van der Waals surface area contributed by atoms with Crippen molar-refractivity contribution in [1.82, 2.24) is 0 Å². The molecule has 376 valence electrons. The average Bonchev–Trinajstić information content (AvgIpc) is 3.32. The Kier molecular flexibility index (Phi) is 53.0. The first-order valence-electron chi connectivity index (χ1n) is 27.4. The zero-order chi connectivity index (χ0) is 47.7. The molecule has 0 N–H and O–H groups in total. The number of esters is 2. The minimum Gasteiger partial charge on any atom is -0.462 e. The quantitative estimate of drug-likeness (QED) is 0.0346. The predicted octanol–water partition coefficient (Wildman–Crippen LogP) is 18.8. The number of carbonyl (C=O) groups excluding carboxylic acids is 2. The van der Waals surface area contributed by atoms with Crippen molar-refractivity contribution in [3.05, 3.63) is 109 Å². The standard InChI is InChI=1S/C61H102O5/c1-4-7-10-13-16-19-22-25-27-29-30-31-33-35-38-41-44-47-50-53-56-64-57-59(66-61(63)55-52-49-46-43-40-36-24-21-18-15-12-9-6-3)58-65-60(62)54-51-48-45-42-39-37-34-32-28-26-23-20-17-14-11-8-5-2/h7-8,10-12,15-17,19-21,24-28,30-31,59H,4-6,9,13-14,18,22-23,29,32-58H2,1-3H3/b10-7-,11-8-,15-12-,19-16-,20-17-,24-21-,27-25-,28-26-,31-30-. The summed E-state index contributed by atoms with van der Waals surface area (Å²) in [5.41, 5.74) is 0. The highest BCUT2D eigenvalue weighted by atomic mass is 16.6. The first-order valence-corrected chi connectivity index (χ1v) is 27.4. The van der Waals surface area contributed by atoms with E-state index in [1.807, 2.05) is 0 Å². The van der Waals surface area contributed by atoms with Gasteiger partial charge in [0, 0.05) is 19.4 Å². The van der Waals surface area contributed by atoms with Crippen molar-refractivity contribution in [3.63, 3.8) is 0 Å². The van der Waals surface area contributed by atoms with Crippen LogP contribution in [0.2, 0.25) is 0 Å². The summed E-state index contributed by atoms with van der Waals surface area (Å²) >= 11 is 0. The number of hydrogen-bond acceptors (Lipinski definition) is 5. The van der Waals surface area contributed by atoms with Crippen LogP contribution in [0.5, 0.6) is 0 Å². The molecule has 0 heterocycles. The van der Waals surface area contributed by atoms with Crippen LogP contribution in [0.1, 0.15) is 239 Å². The van der Waals surface area contributed by atoms with Gasteiger partial charge in [0.05, 0.1) is 6.61 Å². The van der Waals surface area contributed by atoms with Crippen LogP contribution in [0.15, 0.2) is 109 Å². The summed E-state index contributed by atoms with van der Waals surface area (Å²) in [5.74, 6) is -0.434. The van der Waals surface area contributed by atoms with Gasteiger partial charge in [-0.2, -0.15) is 0 Å². The number of hydrogen-bond donors (Lipinski definition) is 0. The van der Waals surface area contributed by atoms with Gasteiger partial charge in [0.25, 0.3) is 0 Å². The van der Waals surface area contributed by atoms with Crippen molar-refractivity contribution < 1.29 is 23.8 Å². The van der Waals surface area contributed by atoms with Crippen LogP contribution in [0, 0.1) is 0 Å². The highest BCUT2D eigenvalue weighted by Crippen LogP contribution is 2.14. The summed E-state index contributed by atoms with van der Waals surface area (Å²) in [7, 11) is 0. The molecule has 66 heavy (non-hydrogen) atoms. The van der Waals surface area contributed by atoms with Gasteiger partial charge in [0.2, 0.25) is 0 Å². The normalized spacial score (nSPS) is 13.1. The fourth-order valence-electron chi connectivity index (χ4n) is 7.26. The Balaban J connectivity index is 4.32. The minimum atomic E-state index is -0.561. The van der Waals surface area contributed by atoms with E-state index in [1.165, 1.54) is 77.0 Å². The largest absolute Gasteiger partial charge is 0.462 e. The number of carbonyl (C=O) groups is 2. The molecule has 0 amide bonds. The van der Waals surface area contributed by atoms with E-state index in [1.54, 1.807) is 0 Å². The second-order valence-corrected chi connectivity index (χ2v) is 17.7. The Bertz CT molecular complexity index is 1310. The Hall–Kier alpha value is -3.44. The van der Waals surface area contributed by atoms with Crippen molar-refractivity contribution in [3.8, 4) is 0 Å². The fraction of sp³-hybridized carbons (Fsp3) is 0.672. The highest BCUT2D eigenvalue weighted by molar-refractivity contribution is 5.70. The SMILES string of the molecule is CC/C=C\C/C=C\C/C=C\C/C=C\CCCCCCCCCOCC(COC(=O)CCCCCCCCC/C=C\C/C=C\C/C=C\CC)OC(=O)CCCCCCC/C=C\C/C=C\CCC. The van der Waals surface area contributed by atoms with Crippen molar-refractivity contribution in [2.45, 2.75) is 245 Å². The molecule has 0 rings (SSSR count). The summed E-state index contributed by atoms with van der Waals surface area (Å²) in [6.07, 6.45) is 76.7. The molecule has 0 spiro atoms. The molecular weight excluding hydrogens is 813 g/mol. The molecule has 0 fully saturated rings. The zero-order valence-corrected chi connectivity index (χ0v) is 43.2. The van der Waals surface area contributed by atoms with Gasteiger partial charge in [-0.15, -0.1) is 0 Å². The topological polar surface area (TPSA) is 61.8 Å². The summed E-state index contributed by atoms with van der Waals surface area (Å²) in [5, 5.41) is 0. The van der Waals surface area contributed by atoms with Gasteiger partial charge in [-0.3, -0.25) is 9.59 Å². The first kappa shape index (κ1) is 62.6. The number of unbranched alkanes of at least 4 members (excludes halogenated alkanes) is 20. The lowest BCUT2D eigenvalue weighted by Gasteiger charge is -2.18. The molecule has 0 aromatic carbocycles. The van der Waals surface area contributed by atoms with Gasteiger partial charge in [0.15, 0.2) is 6.10 Å². The molecule has 0 aromatic heterocycles. The molecule has 1 atom stereocenters. The van der Waals surface area contributed by atoms with Crippen LogP contribution >= 0.6 is 0 Å². The highest BCUT2D eigenvalue weighted by Gasteiger charge is 2.17. The van der Waals surface area contributed by atoms with Crippen molar-refractivity contribution in [1.29, 1.82) is 0 Å². The minimum absolute atomic E-state index is 0.0639. The molecule has 0 bridgehead atoms. The van der Waals surface area contributed by atoms with E-state index in [0.717, 1.165) is 128 Å². The Labute approximate surface area is 408 Å². The second kappa shape index (κ2) is 55.9. The van der Waals surface area contributed by atoms with Crippen molar-refractivity contribution in [2.75, 3.05) is 19.8 Å². The third-order valence-electron chi connectivity index (χ3n) is 11.3. The van der Waals surface area contributed by atoms with E-state index in [0.29, 0.717) is 19.4 Å². The summed E-state index contributed by atoms with van der Waals surface area (Å²) in [6, 6.07) is 0. The molecule has 5 heteroatoms. The number of allylic oxidation sites excluding steroid dienone is 18. The first-order chi connectivity index (χ1) is 32.6. The summed E-state index contributed by atoms with van der Waals surface area (Å²) < 4.78 is 17.4. The van der Waals surface area contributed by atoms with Crippen molar-refractivity contribution >= 4 is 11.9 Å². The molecule has 0 aliphatic heterocycles. The lowest BCUT2D eigenvalue weighted by molar-refractivity contribution is -0.163. The summed E-state index contributed by atoms with van der Waals surface area (Å²) in [4.78, 5) is 25.5. The van der Waals surface area contributed by atoms with Crippen LogP contribution in [0.4, 0.5) is 0 Å². The van der Waals surface area contributed by atoms with Crippen LogP contribution < -0.4 is 0 Å². The Morgan fingerprint density at radius 2 is 0.682 bits per heavy atom. The monoisotopic (exact) mass is 915 g/mol. The third-order valence-corrected chi connectivity index (χ3v) is 11.3. The summed E-state index contributed by atoms with van der Waals surface area (Å²) in [6.45, 7) is 7.49. The second-order valence-electron chi connectivity index (χ2n) is 17.7. The molecule has 0 aliphatic rings. The van der Waals surface area contributed by atoms with Gasteiger partial charge in [-0.05, 0) is 116 Å². The van der Waals surface area contributed by atoms with Gasteiger partial charge < -0.3 is 14.2 Å². The van der Waals surface area contributed by atoms with Gasteiger partial charge in [0.1, 0.15) is 6.61 Å². The van der Waals surface area contributed by atoms with Gasteiger partial charge in [-0.25, -0.2) is 0 Å². The van der Waals surface area contributed by atoms with E-state index in [-0.39, 0.29) is 25.2 Å². The molecule has 0 aromatic rings. The third kappa shape index (κ3) is 53.2.